The van der Waals surface area contributed by atoms with Gasteiger partial charge in [-0.25, -0.2) is 4.79 Å². The van der Waals surface area contributed by atoms with E-state index in [0.29, 0.717) is 26.3 Å². The van der Waals surface area contributed by atoms with Crippen molar-refractivity contribution in [3.8, 4) is 0 Å². The third-order valence-corrected chi connectivity index (χ3v) is 3.99. The van der Waals surface area contributed by atoms with E-state index in [-0.39, 0.29) is 11.9 Å². The lowest BCUT2D eigenvalue weighted by atomic mass is 9.80. The highest BCUT2D eigenvalue weighted by molar-refractivity contribution is 5.73. The maximum absolute atomic E-state index is 11.7. The topological polar surface area (TPSA) is 70.6 Å². The molecule has 1 atom stereocenters. The molecule has 1 unspecified atom stereocenters. The molecule has 0 spiro atoms. The van der Waals surface area contributed by atoms with Gasteiger partial charge >= 0.3 is 6.03 Å². The molecular formula is C17H26N2O3. The Kier molecular flexibility index (Phi) is 6.21. The third-order valence-electron chi connectivity index (χ3n) is 3.99. The van der Waals surface area contributed by atoms with Gasteiger partial charge in [0.25, 0.3) is 0 Å². The highest BCUT2D eigenvalue weighted by Crippen LogP contribution is 2.30. The van der Waals surface area contributed by atoms with Crippen molar-refractivity contribution in [1.29, 1.82) is 0 Å². The van der Waals surface area contributed by atoms with E-state index in [1.54, 1.807) is 0 Å². The number of ether oxygens (including phenoxy) is 1. The van der Waals surface area contributed by atoms with Gasteiger partial charge in [0.1, 0.15) is 0 Å². The van der Waals surface area contributed by atoms with Gasteiger partial charge in [0, 0.05) is 13.1 Å². The monoisotopic (exact) mass is 306 g/mol. The van der Waals surface area contributed by atoms with Crippen LogP contribution in [0.25, 0.3) is 0 Å². The Morgan fingerprint density at radius 1 is 1.32 bits per heavy atom. The van der Waals surface area contributed by atoms with Gasteiger partial charge in [-0.1, -0.05) is 37.3 Å². The van der Waals surface area contributed by atoms with E-state index in [2.05, 4.69) is 10.6 Å². The number of hydrogen-bond donors (Lipinski definition) is 3. The predicted octanol–water partition coefficient (Wildman–Crippen LogP) is 2.05. The predicted molar refractivity (Wildman–Crippen MR) is 85.5 cm³/mol. The minimum atomic E-state index is -0.679. The van der Waals surface area contributed by atoms with Gasteiger partial charge in [0.05, 0.1) is 18.8 Å². The number of nitrogens with one attached hydrogen (secondary N) is 2. The van der Waals surface area contributed by atoms with Crippen LogP contribution in [-0.4, -0.2) is 36.4 Å². The summed E-state index contributed by atoms with van der Waals surface area (Å²) in [5.41, 5.74) is 0.469. The van der Waals surface area contributed by atoms with Gasteiger partial charge in [-0.2, -0.15) is 0 Å². The van der Waals surface area contributed by atoms with Gasteiger partial charge < -0.3 is 20.5 Å². The van der Waals surface area contributed by atoms with Gasteiger partial charge in [-0.15, -0.1) is 0 Å². The molecule has 0 heterocycles. The van der Waals surface area contributed by atoms with Crippen LogP contribution in [0.15, 0.2) is 30.3 Å². The smallest absolute Gasteiger partial charge is 0.314 e. The minimum Gasteiger partial charge on any atom is -0.388 e. The fourth-order valence-electron chi connectivity index (χ4n) is 2.35. The molecule has 1 aliphatic carbocycles. The number of carbonyl (C=O) groups is 1. The van der Waals surface area contributed by atoms with Crippen LogP contribution < -0.4 is 10.6 Å². The van der Waals surface area contributed by atoms with Gasteiger partial charge in [0.15, 0.2) is 0 Å². The van der Waals surface area contributed by atoms with Gasteiger partial charge in [-0.05, 0) is 30.7 Å². The first kappa shape index (κ1) is 16.8. The summed E-state index contributed by atoms with van der Waals surface area (Å²) >= 11 is 0. The van der Waals surface area contributed by atoms with Crippen molar-refractivity contribution in [2.45, 2.75) is 38.4 Å². The molecule has 1 fully saturated rings. The highest BCUT2D eigenvalue weighted by atomic mass is 16.5. The van der Waals surface area contributed by atoms with Crippen LogP contribution in [0.2, 0.25) is 0 Å². The Hall–Kier alpha value is -1.59. The first-order chi connectivity index (χ1) is 10.6. The first-order valence-corrected chi connectivity index (χ1v) is 7.93. The van der Waals surface area contributed by atoms with Gasteiger partial charge in [0.2, 0.25) is 0 Å². The Labute approximate surface area is 132 Å². The molecule has 0 radical (unpaired) electrons. The van der Waals surface area contributed by atoms with E-state index >= 15 is 0 Å². The normalized spacial score (nSPS) is 17.4. The number of aliphatic hydroxyl groups is 1. The zero-order valence-electron chi connectivity index (χ0n) is 13.2. The molecule has 1 aromatic carbocycles. The van der Waals surface area contributed by atoms with Crippen LogP contribution >= 0.6 is 0 Å². The van der Waals surface area contributed by atoms with Crippen LogP contribution in [0.5, 0.6) is 0 Å². The molecule has 22 heavy (non-hydrogen) atoms. The Balaban J connectivity index is 1.53. The Morgan fingerprint density at radius 3 is 2.68 bits per heavy atom. The van der Waals surface area contributed by atoms with Crippen LogP contribution in [0, 0.1) is 5.92 Å². The number of hydrogen-bond acceptors (Lipinski definition) is 3. The summed E-state index contributed by atoms with van der Waals surface area (Å²) in [6, 6.07) is 9.79. The highest BCUT2D eigenvalue weighted by Gasteiger charge is 2.34. The fraction of sp³-hybridized carbons (Fsp3) is 0.588. The van der Waals surface area contributed by atoms with E-state index in [9.17, 15) is 9.90 Å². The summed E-state index contributed by atoms with van der Waals surface area (Å²) in [6.07, 6.45) is 2.59. The SMILES string of the molecule is CC(CNC(=O)NCC1(O)CCC1)COCc1ccccc1. The second-order valence-corrected chi connectivity index (χ2v) is 6.25. The molecule has 1 aromatic rings. The second kappa shape index (κ2) is 8.15. The van der Waals surface area contributed by atoms with Crippen molar-refractivity contribution in [1.82, 2.24) is 10.6 Å². The molecule has 1 aliphatic rings. The summed E-state index contributed by atoms with van der Waals surface area (Å²) in [7, 11) is 0. The van der Waals surface area contributed by atoms with E-state index in [1.807, 2.05) is 37.3 Å². The molecule has 2 rings (SSSR count). The molecule has 1 saturated carbocycles. The quantitative estimate of drug-likeness (QED) is 0.688. The number of benzene rings is 1. The molecule has 0 aliphatic heterocycles. The standard InChI is InChI=1S/C17H26N2O3/c1-14(11-22-12-15-6-3-2-4-7-15)10-18-16(20)19-13-17(21)8-5-9-17/h2-4,6-7,14,21H,5,8-13H2,1H3,(H2,18,19,20). The average Bonchev–Trinajstić information content (AvgIpc) is 2.50. The fourth-order valence-corrected chi connectivity index (χ4v) is 2.35. The third kappa shape index (κ3) is 5.66. The summed E-state index contributed by atoms with van der Waals surface area (Å²) in [4.78, 5) is 11.7. The van der Waals surface area contributed by atoms with E-state index in [0.717, 1.165) is 24.8 Å². The van der Waals surface area contributed by atoms with Crippen LogP contribution in [0.1, 0.15) is 31.7 Å². The maximum atomic E-state index is 11.7. The zero-order chi connectivity index (χ0) is 15.8. The summed E-state index contributed by atoms with van der Waals surface area (Å²) in [6.45, 7) is 4.10. The van der Waals surface area contributed by atoms with Gasteiger partial charge in [-0.3, -0.25) is 0 Å². The Bertz CT molecular complexity index is 460. The zero-order valence-corrected chi connectivity index (χ0v) is 13.2. The van der Waals surface area contributed by atoms with E-state index < -0.39 is 5.60 Å². The summed E-state index contributed by atoms with van der Waals surface area (Å²) < 4.78 is 5.64. The number of urea groups is 1. The van der Waals surface area contributed by atoms with Crippen LogP contribution in [-0.2, 0) is 11.3 Å². The lowest BCUT2D eigenvalue weighted by Crippen LogP contribution is -2.50. The largest absolute Gasteiger partial charge is 0.388 e. The minimum absolute atomic E-state index is 0.227. The van der Waals surface area contributed by atoms with Crippen molar-refractivity contribution < 1.29 is 14.6 Å². The van der Waals surface area contributed by atoms with Crippen molar-refractivity contribution in [2.75, 3.05) is 19.7 Å². The summed E-state index contributed by atoms with van der Waals surface area (Å²) in [5, 5.41) is 15.4. The molecule has 0 saturated heterocycles. The second-order valence-electron chi connectivity index (χ2n) is 6.25. The maximum Gasteiger partial charge on any atom is 0.314 e. The molecular weight excluding hydrogens is 280 g/mol. The lowest BCUT2D eigenvalue weighted by molar-refractivity contribution is -0.0290. The van der Waals surface area contributed by atoms with Crippen molar-refractivity contribution >= 4 is 6.03 Å². The number of amides is 2. The molecule has 0 aromatic heterocycles. The first-order valence-electron chi connectivity index (χ1n) is 7.93. The van der Waals surface area contributed by atoms with Crippen molar-refractivity contribution in [2.24, 2.45) is 5.92 Å². The number of carbonyl (C=O) groups excluding carboxylic acids is 1. The molecule has 5 heteroatoms. The number of rotatable bonds is 8. The van der Waals surface area contributed by atoms with Crippen molar-refractivity contribution in [3.63, 3.8) is 0 Å². The van der Waals surface area contributed by atoms with Crippen LogP contribution in [0.3, 0.4) is 0 Å². The summed E-state index contributed by atoms with van der Waals surface area (Å²) in [5.74, 6) is 0.237. The Morgan fingerprint density at radius 2 is 2.05 bits per heavy atom. The molecule has 0 bridgehead atoms. The van der Waals surface area contributed by atoms with Crippen molar-refractivity contribution in [3.05, 3.63) is 35.9 Å². The van der Waals surface area contributed by atoms with E-state index in [4.69, 9.17) is 4.74 Å². The molecule has 5 nitrogen and oxygen atoms in total. The van der Waals surface area contributed by atoms with Crippen LogP contribution in [0.4, 0.5) is 4.79 Å². The van der Waals surface area contributed by atoms with E-state index in [1.165, 1.54) is 0 Å². The molecule has 3 N–H and O–H groups in total. The molecule has 122 valence electrons. The average molecular weight is 306 g/mol. The molecule has 2 amide bonds. The lowest BCUT2D eigenvalue weighted by Gasteiger charge is -2.36.